The number of rotatable bonds is 5. The zero-order chi connectivity index (χ0) is 19.5. The third kappa shape index (κ3) is 3.88. The van der Waals surface area contributed by atoms with Crippen LogP contribution >= 0.6 is 27.3 Å². The van der Waals surface area contributed by atoms with Crippen molar-refractivity contribution in [2.24, 2.45) is 0 Å². The van der Waals surface area contributed by atoms with Gasteiger partial charge in [0.15, 0.2) is 12.3 Å². The predicted octanol–water partition coefficient (Wildman–Crippen LogP) is 5.66. The first-order chi connectivity index (χ1) is 12.9. The van der Waals surface area contributed by atoms with Gasteiger partial charge in [0, 0.05) is 0 Å². The quantitative estimate of drug-likeness (QED) is 0.287. The Kier molecular flexibility index (Phi) is 6.18. The van der Waals surface area contributed by atoms with Crippen LogP contribution in [-0.2, 0) is 12.6 Å². The molecule has 0 unspecified atom stereocenters. The molecule has 3 aromatic carbocycles. The van der Waals surface area contributed by atoms with Crippen LogP contribution in [0.5, 0.6) is 0 Å². The van der Waals surface area contributed by atoms with Crippen molar-refractivity contribution in [3.63, 3.8) is 0 Å². The van der Waals surface area contributed by atoms with Crippen molar-refractivity contribution < 1.29 is 12.6 Å². The van der Waals surface area contributed by atoms with Gasteiger partial charge in [-0.15, -0.1) is 0 Å². The fraction of sp³-hybridized carbons (Fsp3) is 0. The Morgan fingerprint density at radius 1 is 0.667 bits per heavy atom. The summed E-state index contributed by atoms with van der Waals surface area (Å²) in [4.78, 5) is 0. The van der Waals surface area contributed by atoms with Crippen molar-refractivity contribution in [3.05, 3.63) is 91.0 Å². The molecule has 0 aromatic heterocycles. The van der Waals surface area contributed by atoms with Crippen LogP contribution in [0.1, 0.15) is 0 Å². The third-order valence-corrected chi connectivity index (χ3v) is 11.5. The van der Waals surface area contributed by atoms with Gasteiger partial charge in [0.2, 0.25) is 0 Å². The molecular weight excluding hydrogens is 423 g/mol. The molecule has 3 rings (SSSR count). The Morgan fingerprint density at radius 3 is 1.19 bits per heavy atom. The lowest BCUT2D eigenvalue weighted by Crippen LogP contribution is -2.38. The fourth-order valence-electron chi connectivity index (χ4n) is 3.18. The SMILES string of the molecule is FP(F)(F)=C(C(=S)[S-])[P+](c1ccccc1)(c1ccccc1)c1ccccc1. The number of thiocarbonyl (C=S) groups is 1. The highest BCUT2D eigenvalue weighted by molar-refractivity contribution is 8.23. The largest absolute Gasteiger partial charge is 0.424 e. The molecule has 0 saturated carbocycles. The molecule has 0 aliphatic rings. The van der Waals surface area contributed by atoms with Gasteiger partial charge in [0.1, 0.15) is 15.9 Å². The highest BCUT2D eigenvalue weighted by atomic mass is 32.1. The monoisotopic (exact) mass is 438 g/mol. The summed E-state index contributed by atoms with van der Waals surface area (Å²) in [5.41, 5.74) is 0. The molecule has 0 bridgehead atoms. The Hall–Kier alpha value is -1.51. The van der Waals surface area contributed by atoms with E-state index in [1.165, 1.54) is 0 Å². The van der Waals surface area contributed by atoms with E-state index in [1.807, 2.05) is 0 Å². The van der Waals surface area contributed by atoms with Crippen molar-refractivity contribution in [1.29, 1.82) is 0 Å². The summed E-state index contributed by atoms with van der Waals surface area (Å²) in [6.45, 7) is 0. The van der Waals surface area contributed by atoms with Crippen molar-refractivity contribution >= 4 is 65.1 Å². The molecule has 0 radical (unpaired) electrons. The predicted molar refractivity (Wildman–Crippen MR) is 120 cm³/mol. The second kappa shape index (κ2) is 8.24. The van der Waals surface area contributed by atoms with Crippen LogP contribution in [0.15, 0.2) is 91.0 Å². The van der Waals surface area contributed by atoms with Gasteiger partial charge in [-0.25, -0.2) is 0 Å². The third-order valence-electron chi connectivity index (χ3n) is 4.17. The van der Waals surface area contributed by atoms with E-state index in [0.29, 0.717) is 15.9 Å². The summed E-state index contributed by atoms with van der Waals surface area (Å²) in [7, 11) is -9.22. The topological polar surface area (TPSA) is 0 Å². The fourth-order valence-corrected chi connectivity index (χ4v) is 11.0. The zero-order valence-corrected chi connectivity index (χ0v) is 17.4. The Bertz CT molecular complexity index is 883. The molecule has 0 aliphatic carbocycles. The van der Waals surface area contributed by atoms with Gasteiger partial charge in [-0.2, -0.15) is 12.6 Å². The van der Waals surface area contributed by atoms with Gasteiger partial charge < -0.3 is 24.8 Å². The minimum absolute atomic E-state index is 0.485. The minimum Gasteiger partial charge on any atom is -0.424 e. The van der Waals surface area contributed by atoms with E-state index in [2.05, 4.69) is 0 Å². The molecule has 0 fully saturated rings. The first-order valence-corrected chi connectivity index (χ1v) is 12.1. The van der Waals surface area contributed by atoms with E-state index in [1.54, 1.807) is 91.0 Å². The van der Waals surface area contributed by atoms with Crippen molar-refractivity contribution in [3.8, 4) is 0 Å². The molecule has 0 atom stereocenters. The molecular formula is C20H15F3P2S2. The van der Waals surface area contributed by atoms with Gasteiger partial charge in [0.05, 0.1) is 0 Å². The standard InChI is InChI=1S/C20H15F3P2S2/c21-25(22,23)19(20(26)27)24(16-10-4-1-5-11-16,17-12-6-2-7-13-17)18-14-8-3-9-15-18/h1-15H. The lowest BCUT2D eigenvalue weighted by molar-refractivity contribution is 0.624. The number of hydrogen-bond acceptors (Lipinski definition) is 2. The molecule has 0 nitrogen and oxygen atoms in total. The van der Waals surface area contributed by atoms with Crippen LogP contribution in [-0.4, -0.2) is 9.23 Å². The van der Waals surface area contributed by atoms with E-state index in [0.717, 1.165) is 0 Å². The summed E-state index contributed by atoms with van der Waals surface area (Å²) < 4.78 is 42.9. The Morgan fingerprint density at radius 2 is 0.963 bits per heavy atom. The molecule has 0 N–H and O–H groups in total. The lowest BCUT2D eigenvalue weighted by Gasteiger charge is -2.31. The smallest absolute Gasteiger partial charge is 0.412 e. The van der Waals surface area contributed by atoms with E-state index in [4.69, 9.17) is 24.8 Å². The van der Waals surface area contributed by atoms with Crippen LogP contribution in [0, 0.1) is 0 Å². The minimum atomic E-state index is -5.98. The van der Waals surface area contributed by atoms with Gasteiger partial charge >= 0.3 is 7.82 Å². The summed E-state index contributed by atoms with van der Waals surface area (Å²) in [6, 6.07) is 26.4. The van der Waals surface area contributed by atoms with Crippen LogP contribution in [0.25, 0.3) is 0 Å². The highest BCUT2D eigenvalue weighted by Gasteiger charge is 2.54. The maximum absolute atomic E-state index is 14.5. The average Bonchev–Trinajstić information content (AvgIpc) is 2.66. The number of halogens is 3. The van der Waals surface area contributed by atoms with Crippen LogP contribution in [0.4, 0.5) is 12.6 Å². The summed E-state index contributed by atoms with van der Waals surface area (Å²) in [6.07, 6.45) is 0. The molecule has 0 saturated heterocycles. The zero-order valence-electron chi connectivity index (χ0n) is 14.0. The van der Waals surface area contributed by atoms with Crippen molar-refractivity contribution in [2.45, 2.75) is 0 Å². The van der Waals surface area contributed by atoms with Crippen LogP contribution in [0.3, 0.4) is 0 Å². The first kappa shape index (κ1) is 20.2. The maximum atomic E-state index is 14.5. The van der Waals surface area contributed by atoms with Gasteiger partial charge in [0.25, 0.3) is 0 Å². The van der Waals surface area contributed by atoms with E-state index < -0.39 is 24.3 Å². The number of benzene rings is 3. The first-order valence-electron chi connectivity index (χ1n) is 8.02. The van der Waals surface area contributed by atoms with E-state index in [-0.39, 0.29) is 0 Å². The maximum Gasteiger partial charge on any atom is 0.412 e. The molecule has 27 heavy (non-hydrogen) atoms. The second-order valence-electron chi connectivity index (χ2n) is 5.73. The molecule has 0 aliphatic heterocycles. The summed E-state index contributed by atoms with van der Waals surface area (Å²) in [5.74, 6) is 0. The molecule has 138 valence electrons. The van der Waals surface area contributed by atoms with Crippen molar-refractivity contribution in [1.82, 2.24) is 0 Å². The average molecular weight is 438 g/mol. The van der Waals surface area contributed by atoms with E-state index in [9.17, 15) is 12.6 Å². The van der Waals surface area contributed by atoms with Crippen LogP contribution in [0.2, 0.25) is 0 Å². The van der Waals surface area contributed by atoms with Crippen molar-refractivity contribution in [2.75, 3.05) is 0 Å². The van der Waals surface area contributed by atoms with Gasteiger partial charge in [-0.05, 0) is 36.4 Å². The Labute approximate surface area is 168 Å². The number of hydrogen-bond donors (Lipinski definition) is 0. The van der Waals surface area contributed by atoms with E-state index >= 15 is 0 Å². The van der Waals surface area contributed by atoms with Crippen LogP contribution < -0.4 is 15.9 Å². The summed E-state index contributed by atoms with van der Waals surface area (Å²) >= 11 is 10.1. The van der Waals surface area contributed by atoms with Gasteiger partial charge in [-0.1, -0.05) is 58.8 Å². The molecule has 7 heteroatoms. The Balaban J connectivity index is 2.58. The lowest BCUT2D eigenvalue weighted by atomic mass is 10.4. The van der Waals surface area contributed by atoms with Gasteiger partial charge in [-0.3, -0.25) is 0 Å². The summed E-state index contributed by atoms with van der Waals surface area (Å²) in [5, 5.41) is 1.11. The second-order valence-corrected chi connectivity index (χ2v) is 11.8. The molecule has 0 spiro atoms. The molecule has 0 heterocycles. The normalized spacial score (nSPS) is 11.8. The molecule has 3 aromatic rings. The molecule has 0 amide bonds. The highest BCUT2D eigenvalue weighted by Crippen LogP contribution is 2.69.